The van der Waals surface area contributed by atoms with Crippen molar-refractivity contribution < 1.29 is 14.3 Å². The number of hydrogen-bond acceptors (Lipinski definition) is 3. The molecule has 0 unspecified atom stereocenters. The zero-order chi connectivity index (χ0) is 11.8. The molecule has 3 heteroatoms. The molecule has 0 N–H and O–H groups in total. The summed E-state index contributed by atoms with van der Waals surface area (Å²) in [5, 5.41) is 0. The molecule has 0 spiro atoms. The number of carbonyl (C=O) groups is 2. The maximum absolute atomic E-state index is 12.1. The number of Topliss-reactive ketones (excluding diaryl/α,β-unsaturated/α-hetero) is 1. The first-order valence-electron chi connectivity index (χ1n) is 5.30. The summed E-state index contributed by atoms with van der Waals surface area (Å²) in [7, 11) is 1.32. The Morgan fingerprint density at radius 1 is 1.19 bits per heavy atom. The molecule has 1 aromatic carbocycles. The number of carbonyl (C=O) groups excluding carboxylic acids is 2. The van der Waals surface area contributed by atoms with Crippen molar-refractivity contribution in [2.45, 2.75) is 19.8 Å². The number of methoxy groups -OCH3 is 1. The van der Waals surface area contributed by atoms with Crippen molar-refractivity contribution >= 4 is 11.8 Å². The van der Waals surface area contributed by atoms with Crippen LogP contribution in [0.25, 0.3) is 0 Å². The Labute approximate surface area is 94.4 Å². The van der Waals surface area contributed by atoms with Crippen LogP contribution in [0.3, 0.4) is 0 Å². The zero-order valence-electron chi connectivity index (χ0n) is 9.45. The number of ketones is 1. The van der Waals surface area contributed by atoms with Gasteiger partial charge in [-0.2, -0.15) is 0 Å². The van der Waals surface area contributed by atoms with Crippen molar-refractivity contribution in [3.63, 3.8) is 0 Å². The molecule has 0 heterocycles. The van der Waals surface area contributed by atoms with Gasteiger partial charge in [-0.15, -0.1) is 0 Å². The Balaban J connectivity index is 2.26. The molecule has 84 valence electrons. The Kier molecular flexibility index (Phi) is 2.54. The van der Waals surface area contributed by atoms with Crippen LogP contribution in [0.4, 0.5) is 0 Å². The summed E-state index contributed by atoms with van der Waals surface area (Å²) < 4.78 is 4.68. The largest absolute Gasteiger partial charge is 0.468 e. The molecule has 0 atom stereocenters. The number of rotatable bonds is 3. The predicted octanol–water partition coefficient (Wildman–Crippen LogP) is 2.13. The second-order valence-electron chi connectivity index (χ2n) is 4.27. The van der Waals surface area contributed by atoms with E-state index in [0.717, 1.165) is 5.56 Å². The summed E-state index contributed by atoms with van der Waals surface area (Å²) in [6.07, 6.45) is 1.21. The minimum absolute atomic E-state index is 0.112. The van der Waals surface area contributed by atoms with Crippen molar-refractivity contribution in [3.05, 3.63) is 35.4 Å². The summed E-state index contributed by atoms with van der Waals surface area (Å²) in [6, 6.07) is 7.28. The van der Waals surface area contributed by atoms with E-state index in [4.69, 9.17) is 0 Å². The second-order valence-corrected chi connectivity index (χ2v) is 4.27. The zero-order valence-corrected chi connectivity index (χ0v) is 9.45. The first kappa shape index (κ1) is 10.9. The lowest BCUT2D eigenvalue weighted by Crippen LogP contribution is -2.27. The minimum atomic E-state index is -0.885. The first-order chi connectivity index (χ1) is 7.60. The van der Waals surface area contributed by atoms with Crippen molar-refractivity contribution in [3.8, 4) is 0 Å². The monoisotopic (exact) mass is 218 g/mol. The molecular weight excluding hydrogens is 204 g/mol. The Hall–Kier alpha value is -1.64. The van der Waals surface area contributed by atoms with E-state index >= 15 is 0 Å². The topological polar surface area (TPSA) is 43.4 Å². The normalized spacial score (nSPS) is 16.6. The molecule has 0 aliphatic heterocycles. The number of hydrogen-bond donors (Lipinski definition) is 0. The summed E-state index contributed by atoms with van der Waals surface area (Å²) in [5.74, 6) is -0.516. The van der Waals surface area contributed by atoms with Gasteiger partial charge in [0.1, 0.15) is 5.41 Å². The summed E-state index contributed by atoms with van der Waals surface area (Å²) in [6.45, 7) is 1.96. The molecule has 0 amide bonds. The lowest BCUT2D eigenvalue weighted by molar-refractivity contribution is -0.145. The number of aryl methyl sites for hydroxylation is 1. The van der Waals surface area contributed by atoms with Gasteiger partial charge in [-0.25, -0.2) is 0 Å². The molecule has 0 saturated heterocycles. The van der Waals surface area contributed by atoms with Crippen LogP contribution in [0.2, 0.25) is 0 Å². The fraction of sp³-hybridized carbons (Fsp3) is 0.385. The van der Waals surface area contributed by atoms with Crippen molar-refractivity contribution in [2.75, 3.05) is 7.11 Å². The third-order valence-corrected chi connectivity index (χ3v) is 3.07. The van der Waals surface area contributed by atoms with Gasteiger partial charge in [0.2, 0.25) is 0 Å². The van der Waals surface area contributed by atoms with Gasteiger partial charge < -0.3 is 4.74 Å². The van der Waals surface area contributed by atoms with E-state index in [1.807, 2.05) is 19.1 Å². The number of ether oxygens (including phenoxy) is 1. The lowest BCUT2D eigenvalue weighted by atomic mass is 9.94. The smallest absolute Gasteiger partial charge is 0.319 e. The molecule has 1 aromatic rings. The second kappa shape index (κ2) is 3.74. The van der Waals surface area contributed by atoms with Gasteiger partial charge in [-0.05, 0) is 19.8 Å². The standard InChI is InChI=1S/C13H14O3/c1-9-3-5-10(6-4-9)11(14)13(7-8-13)12(15)16-2/h3-6H,7-8H2,1-2H3. The highest BCUT2D eigenvalue weighted by Gasteiger charge is 2.57. The highest BCUT2D eigenvalue weighted by molar-refractivity contribution is 6.14. The molecule has 0 radical (unpaired) electrons. The molecule has 16 heavy (non-hydrogen) atoms. The van der Waals surface area contributed by atoms with Gasteiger partial charge in [0.15, 0.2) is 5.78 Å². The van der Waals surface area contributed by atoms with Crippen LogP contribution >= 0.6 is 0 Å². The fourth-order valence-electron chi connectivity index (χ4n) is 1.83. The van der Waals surface area contributed by atoms with Crippen molar-refractivity contribution in [2.24, 2.45) is 5.41 Å². The van der Waals surface area contributed by atoms with Crippen LogP contribution in [0.1, 0.15) is 28.8 Å². The molecular formula is C13H14O3. The average Bonchev–Trinajstić information content (AvgIpc) is 3.09. The van der Waals surface area contributed by atoms with E-state index < -0.39 is 11.4 Å². The molecule has 1 aliphatic carbocycles. The quantitative estimate of drug-likeness (QED) is 0.443. The van der Waals surface area contributed by atoms with E-state index in [2.05, 4.69) is 4.74 Å². The highest BCUT2D eigenvalue weighted by atomic mass is 16.5. The summed E-state index contributed by atoms with van der Waals surface area (Å²) in [5.41, 5.74) is 0.803. The molecule has 2 rings (SSSR count). The van der Waals surface area contributed by atoms with Crippen LogP contribution in [-0.2, 0) is 9.53 Å². The summed E-state index contributed by atoms with van der Waals surface area (Å²) >= 11 is 0. The third-order valence-electron chi connectivity index (χ3n) is 3.07. The molecule has 0 bridgehead atoms. The van der Waals surface area contributed by atoms with Crippen LogP contribution in [0.15, 0.2) is 24.3 Å². The van der Waals surface area contributed by atoms with Crippen molar-refractivity contribution in [1.82, 2.24) is 0 Å². The third kappa shape index (κ3) is 1.62. The molecule has 1 fully saturated rings. The SMILES string of the molecule is COC(=O)C1(C(=O)c2ccc(C)cc2)CC1. The van der Waals surface area contributed by atoms with Crippen LogP contribution in [0.5, 0.6) is 0 Å². The van der Waals surface area contributed by atoms with E-state index in [1.54, 1.807) is 12.1 Å². The lowest BCUT2D eigenvalue weighted by Gasteiger charge is -2.11. The van der Waals surface area contributed by atoms with Crippen LogP contribution in [-0.4, -0.2) is 18.9 Å². The Morgan fingerprint density at radius 2 is 1.75 bits per heavy atom. The highest BCUT2D eigenvalue weighted by Crippen LogP contribution is 2.49. The Morgan fingerprint density at radius 3 is 2.19 bits per heavy atom. The Bertz CT molecular complexity index is 427. The van der Waals surface area contributed by atoms with E-state index in [9.17, 15) is 9.59 Å². The predicted molar refractivity (Wildman–Crippen MR) is 59.2 cm³/mol. The van der Waals surface area contributed by atoms with Gasteiger partial charge in [0.25, 0.3) is 0 Å². The van der Waals surface area contributed by atoms with Gasteiger partial charge in [0, 0.05) is 5.56 Å². The van der Waals surface area contributed by atoms with Crippen LogP contribution < -0.4 is 0 Å². The fourth-order valence-corrected chi connectivity index (χ4v) is 1.83. The van der Waals surface area contributed by atoms with Gasteiger partial charge in [-0.3, -0.25) is 9.59 Å². The molecule has 0 aromatic heterocycles. The maximum atomic E-state index is 12.1. The van der Waals surface area contributed by atoms with Crippen molar-refractivity contribution in [1.29, 1.82) is 0 Å². The molecule has 3 nitrogen and oxygen atoms in total. The molecule has 1 aliphatic rings. The first-order valence-corrected chi connectivity index (χ1v) is 5.30. The van der Waals surface area contributed by atoms with Gasteiger partial charge in [-0.1, -0.05) is 29.8 Å². The average molecular weight is 218 g/mol. The van der Waals surface area contributed by atoms with E-state index in [0.29, 0.717) is 18.4 Å². The van der Waals surface area contributed by atoms with E-state index in [-0.39, 0.29) is 5.78 Å². The minimum Gasteiger partial charge on any atom is -0.468 e. The van der Waals surface area contributed by atoms with Crippen LogP contribution in [0, 0.1) is 12.3 Å². The summed E-state index contributed by atoms with van der Waals surface area (Å²) in [4.78, 5) is 23.7. The maximum Gasteiger partial charge on any atom is 0.319 e. The van der Waals surface area contributed by atoms with E-state index in [1.165, 1.54) is 7.11 Å². The van der Waals surface area contributed by atoms with Gasteiger partial charge in [0.05, 0.1) is 7.11 Å². The number of benzene rings is 1. The van der Waals surface area contributed by atoms with Gasteiger partial charge >= 0.3 is 5.97 Å². The number of esters is 1. The molecule has 1 saturated carbocycles.